The first kappa shape index (κ1) is 33.7. The monoisotopic (exact) mass is 683 g/mol. The lowest BCUT2D eigenvalue weighted by Crippen LogP contribution is -2.41. The molecule has 3 atom stereocenters. The van der Waals surface area contributed by atoms with Crippen molar-refractivity contribution in [1.29, 1.82) is 5.26 Å². The fourth-order valence-electron chi connectivity index (χ4n) is 6.55. The van der Waals surface area contributed by atoms with Crippen molar-refractivity contribution >= 4 is 45.2 Å². The third-order valence-electron chi connectivity index (χ3n) is 8.88. The molecule has 4 aromatic carbocycles. The molecule has 49 heavy (non-hydrogen) atoms. The molecule has 7 nitrogen and oxygen atoms in total. The lowest BCUT2D eigenvalue weighted by molar-refractivity contribution is -0.143. The molecule has 0 N–H and O–H groups in total. The second-order valence-corrected chi connectivity index (χ2v) is 13.4. The minimum absolute atomic E-state index is 0.201. The van der Waals surface area contributed by atoms with Gasteiger partial charge in [0.15, 0.2) is 10.1 Å². The number of halogens is 3. The van der Waals surface area contributed by atoms with Crippen LogP contribution >= 0.6 is 0 Å². The van der Waals surface area contributed by atoms with Gasteiger partial charge in [0.05, 0.1) is 0 Å². The summed E-state index contributed by atoms with van der Waals surface area (Å²) in [5.41, 5.74) is 7.29. The highest BCUT2D eigenvalue weighted by atomic mass is 32.2. The van der Waals surface area contributed by atoms with Gasteiger partial charge in [0.25, 0.3) is 0 Å². The molecular weight excluding hydrogens is 653 g/mol. The number of nitrogens with zero attached hydrogens (tertiary/aromatic N) is 2. The first-order chi connectivity index (χ1) is 23.5. The van der Waals surface area contributed by atoms with E-state index in [4.69, 9.17) is 0 Å². The summed E-state index contributed by atoms with van der Waals surface area (Å²) >= 11 is 0. The molecule has 1 heterocycles. The van der Waals surface area contributed by atoms with Crippen molar-refractivity contribution in [3.63, 3.8) is 0 Å². The van der Waals surface area contributed by atoms with Gasteiger partial charge < -0.3 is 14.2 Å². The summed E-state index contributed by atoms with van der Waals surface area (Å²) in [4.78, 5) is 14.7. The fourth-order valence-corrected chi connectivity index (χ4v) is 6.93. The molecule has 0 spiro atoms. The number of fused-ring (bicyclic) bond motifs is 3. The lowest BCUT2D eigenvalue weighted by Gasteiger charge is -2.27. The Morgan fingerprint density at radius 3 is 2.14 bits per heavy atom. The van der Waals surface area contributed by atoms with E-state index < -0.39 is 39.7 Å². The maximum Gasteiger partial charge on any atom is 0.368 e. The molecule has 250 valence electrons. The summed E-state index contributed by atoms with van der Waals surface area (Å²) in [6, 6.07) is 36.1. The Bertz CT molecular complexity index is 2020. The molecule has 3 unspecified atom stereocenters. The molecule has 1 aliphatic carbocycles. The van der Waals surface area contributed by atoms with Gasteiger partial charge in [-0.1, -0.05) is 85.3 Å². The number of benzene rings is 4. The van der Waals surface area contributed by atoms with Crippen molar-refractivity contribution in [2.24, 2.45) is 0 Å². The van der Waals surface area contributed by atoms with Crippen molar-refractivity contribution in [2.75, 3.05) is 11.5 Å². The van der Waals surface area contributed by atoms with Crippen LogP contribution in [-0.2, 0) is 19.6 Å². The normalized spacial score (nSPS) is 17.9. The molecule has 2 aliphatic rings. The standard InChI is InChI=1S/C38H31F3N2O5S/c39-36(38(40,41)49(45,46)47)24-48-37(44)29(23-42)20-26-16-19-35-33(22-26)31-12-7-13-34(31)43(35)30-17-14-25(15-18-30)21-32(27-8-3-1-4-9-27)28-10-5-2-6-11-28/h1-6,8-11,14-22,31,34,36H,7,12-13,24H2,(H,45,46,47)/p-1/b29-20+. The number of ether oxygens (including phenoxy) is 1. The molecule has 4 aromatic rings. The van der Waals surface area contributed by atoms with Crippen LogP contribution in [0.4, 0.5) is 24.5 Å². The van der Waals surface area contributed by atoms with E-state index in [-0.39, 0.29) is 12.0 Å². The van der Waals surface area contributed by atoms with Gasteiger partial charge in [-0.15, -0.1) is 0 Å². The van der Waals surface area contributed by atoms with Crippen LogP contribution in [0.3, 0.4) is 0 Å². The third-order valence-corrected chi connectivity index (χ3v) is 9.81. The predicted molar refractivity (Wildman–Crippen MR) is 179 cm³/mol. The Kier molecular flexibility index (Phi) is 9.45. The number of carbonyl (C=O) groups is 1. The summed E-state index contributed by atoms with van der Waals surface area (Å²) in [6.07, 6.45) is 2.72. The maximum atomic E-state index is 13.8. The van der Waals surface area contributed by atoms with E-state index in [0.29, 0.717) is 5.56 Å². The smallest absolute Gasteiger partial charge is 0.368 e. The molecule has 0 amide bonds. The number of hydrogen-bond donors (Lipinski definition) is 0. The first-order valence-corrected chi connectivity index (χ1v) is 17.0. The van der Waals surface area contributed by atoms with Gasteiger partial charge >= 0.3 is 11.2 Å². The van der Waals surface area contributed by atoms with Gasteiger partial charge in [-0.2, -0.15) is 14.0 Å². The predicted octanol–water partition coefficient (Wildman–Crippen LogP) is 7.99. The molecule has 1 aliphatic heterocycles. The van der Waals surface area contributed by atoms with Crippen LogP contribution in [0.15, 0.2) is 109 Å². The number of rotatable bonds is 10. The summed E-state index contributed by atoms with van der Waals surface area (Å²) in [5, 5.41) is 4.24. The van der Waals surface area contributed by atoms with Crippen LogP contribution in [0.1, 0.15) is 53.0 Å². The zero-order valence-electron chi connectivity index (χ0n) is 26.0. The fraction of sp³-hybridized carbons (Fsp3) is 0.211. The highest BCUT2D eigenvalue weighted by Crippen LogP contribution is 2.52. The van der Waals surface area contributed by atoms with Gasteiger partial charge in [0.1, 0.15) is 18.2 Å². The topological polar surface area (TPSA) is 111 Å². The van der Waals surface area contributed by atoms with Crippen LogP contribution in [0.25, 0.3) is 17.7 Å². The summed E-state index contributed by atoms with van der Waals surface area (Å²) in [7, 11) is -6.33. The molecule has 1 fully saturated rings. The summed E-state index contributed by atoms with van der Waals surface area (Å²) in [5.74, 6) is -1.23. The van der Waals surface area contributed by atoms with Gasteiger partial charge in [-0.3, -0.25) is 0 Å². The van der Waals surface area contributed by atoms with Gasteiger partial charge in [-0.25, -0.2) is 17.6 Å². The molecule has 6 rings (SSSR count). The molecule has 0 bridgehead atoms. The Hall–Kier alpha value is -5.18. The zero-order valence-corrected chi connectivity index (χ0v) is 26.8. The largest absolute Gasteiger partial charge is 0.743 e. The number of anilines is 2. The number of nitriles is 1. The van der Waals surface area contributed by atoms with Crippen LogP contribution in [0.2, 0.25) is 0 Å². The average molecular weight is 684 g/mol. The number of hydrogen-bond acceptors (Lipinski definition) is 7. The second-order valence-electron chi connectivity index (χ2n) is 11.9. The lowest BCUT2D eigenvalue weighted by atomic mass is 9.95. The molecule has 0 radical (unpaired) electrons. The Balaban J connectivity index is 1.24. The first-order valence-electron chi connectivity index (χ1n) is 15.6. The van der Waals surface area contributed by atoms with E-state index in [1.54, 1.807) is 12.1 Å². The van der Waals surface area contributed by atoms with Crippen LogP contribution in [0, 0.1) is 11.3 Å². The zero-order chi connectivity index (χ0) is 34.8. The van der Waals surface area contributed by atoms with Crippen LogP contribution in [-0.4, -0.2) is 43.0 Å². The van der Waals surface area contributed by atoms with Crippen molar-refractivity contribution in [3.8, 4) is 6.07 Å². The average Bonchev–Trinajstić information content (AvgIpc) is 3.70. The quantitative estimate of drug-likeness (QED) is 0.0548. The van der Waals surface area contributed by atoms with Crippen molar-refractivity contribution in [2.45, 2.75) is 42.6 Å². The van der Waals surface area contributed by atoms with Crippen molar-refractivity contribution < 1.29 is 35.7 Å². The Morgan fingerprint density at radius 1 is 0.939 bits per heavy atom. The minimum Gasteiger partial charge on any atom is -0.743 e. The highest BCUT2D eigenvalue weighted by molar-refractivity contribution is 7.86. The number of carbonyl (C=O) groups excluding carboxylic acids is 1. The van der Waals surface area contributed by atoms with Gasteiger partial charge in [0.2, 0.25) is 6.17 Å². The molecule has 1 saturated carbocycles. The SMILES string of the molecule is N#C/C(=C\c1ccc2c(c1)C1CCCC1N2c1ccc(C=C(c2ccccc2)c2ccccc2)cc1)C(=O)OCC(F)C(F)(F)S(=O)(=O)[O-]. The molecule has 11 heteroatoms. The summed E-state index contributed by atoms with van der Waals surface area (Å²) in [6.45, 7) is -1.72. The Morgan fingerprint density at radius 2 is 1.55 bits per heavy atom. The van der Waals surface area contributed by atoms with Gasteiger partial charge in [0, 0.05) is 23.3 Å². The van der Waals surface area contributed by atoms with E-state index in [1.165, 1.54) is 6.08 Å². The molecule has 0 aromatic heterocycles. The Labute approximate surface area is 282 Å². The minimum atomic E-state index is -6.33. The maximum absolute atomic E-state index is 13.8. The van der Waals surface area contributed by atoms with Gasteiger partial charge in [-0.05, 0) is 82.6 Å². The van der Waals surface area contributed by atoms with Crippen LogP contribution in [0.5, 0.6) is 0 Å². The molecular formula is C38H30F3N2O5S-. The number of esters is 1. The van der Waals surface area contributed by atoms with E-state index >= 15 is 0 Å². The van der Waals surface area contributed by atoms with E-state index in [2.05, 4.69) is 64.2 Å². The third kappa shape index (κ3) is 6.88. The number of alkyl halides is 3. The summed E-state index contributed by atoms with van der Waals surface area (Å²) < 4.78 is 77.0. The van der Waals surface area contributed by atoms with Crippen molar-refractivity contribution in [1.82, 2.24) is 0 Å². The highest BCUT2D eigenvalue weighted by Gasteiger charge is 2.48. The van der Waals surface area contributed by atoms with E-state index in [0.717, 1.165) is 58.5 Å². The van der Waals surface area contributed by atoms with E-state index in [1.807, 2.05) is 48.5 Å². The van der Waals surface area contributed by atoms with Crippen LogP contribution < -0.4 is 4.90 Å². The second kappa shape index (κ2) is 13.7. The van der Waals surface area contributed by atoms with E-state index in [9.17, 15) is 36.2 Å². The molecule has 0 saturated heterocycles. The van der Waals surface area contributed by atoms with Crippen molar-refractivity contribution in [3.05, 3.63) is 137 Å².